The number of hydrogen-bond donors (Lipinski definition) is 2. The Hall–Kier alpha value is -4.66. The third-order valence-corrected chi connectivity index (χ3v) is 5.82. The van der Waals surface area contributed by atoms with Crippen molar-refractivity contribution < 1.29 is 28.0 Å². The smallest absolute Gasteiger partial charge is 0.339 e. The molecule has 1 aliphatic carbocycles. The number of hydrogen-bond acceptors (Lipinski definition) is 7. The molecule has 3 aromatic heterocycles. The maximum atomic E-state index is 13.2. The second kappa shape index (κ2) is 10.3. The zero-order chi connectivity index (χ0) is 24.9. The second-order valence-electron chi connectivity index (χ2n) is 8.26. The molecule has 182 valence electrons. The summed E-state index contributed by atoms with van der Waals surface area (Å²) in [6, 6.07) is 13.7. The number of rotatable bonds is 6. The maximum absolute atomic E-state index is 13.2. The van der Waals surface area contributed by atoms with E-state index in [1.807, 2.05) is 42.5 Å². The summed E-state index contributed by atoms with van der Waals surface area (Å²) in [4.78, 5) is 42.3. The van der Waals surface area contributed by atoms with E-state index in [-0.39, 0.29) is 6.54 Å². The van der Waals surface area contributed by atoms with Crippen molar-refractivity contribution in [2.45, 2.75) is 25.8 Å². The summed E-state index contributed by atoms with van der Waals surface area (Å²) in [7, 11) is 0. The van der Waals surface area contributed by atoms with Gasteiger partial charge in [-0.2, -0.15) is 0 Å². The minimum absolute atomic E-state index is 0.120. The van der Waals surface area contributed by atoms with Crippen molar-refractivity contribution in [3.8, 4) is 0 Å². The molecule has 1 aliphatic rings. The first-order valence-electron chi connectivity index (χ1n) is 11.5. The molecule has 1 aromatic carbocycles. The molecule has 0 saturated heterocycles. The van der Waals surface area contributed by atoms with Crippen LogP contribution in [0, 0.1) is 0 Å². The Bertz CT molecular complexity index is 1440. The van der Waals surface area contributed by atoms with Gasteiger partial charge in [0.05, 0.1) is 35.8 Å². The number of nitrogens with one attached hydrogen (secondary N) is 2. The van der Waals surface area contributed by atoms with Gasteiger partial charge < -0.3 is 18.9 Å². The fraction of sp³-hybridized carbons (Fsp3) is 0.185. The minimum Gasteiger partial charge on any atom is -0.467 e. The predicted octanol–water partition coefficient (Wildman–Crippen LogP) is 4.48. The van der Waals surface area contributed by atoms with E-state index < -0.39 is 24.5 Å². The molecule has 0 radical (unpaired) electrons. The fourth-order valence-electron chi connectivity index (χ4n) is 4.24. The molecule has 4 aromatic rings. The van der Waals surface area contributed by atoms with Gasteiger partial charge >= 0.3 is 12.0 Å². The number of ether oxygens (including phenoxy) is 1. The molecule has 9 nitrogen and oxygen atoms in total. The van der Waals surface area contributed by atoms with Gasteiger partial charge in [0.2, 0.25) is 0 Å². The molecule has 3 heterocycles. The van der Waals surface area contributed by atoms with E-state index in [1.165, 1.54) is 6.26 Å². The predicted molar refractivity (Wildman–Crippen MR) is 131 cm³/mol. The van der Waals surface area contributed by atoms with Crippen LogP contribution < -0.4 is 10.6 Å². The van der Waals surface area contributed by atoms with Crippen LogP contribution in [0.4, 0.5) is 4.79 Å². The van der Waals surface area contributed by atoms with Crippen LogP contribution >= 0.6 is 0 Å². The highest BCUT2D eigenvalue weighted by Crippen LogP contribution is 2.36. The van der Waals surface area contributed by atoms with E-state index in [4.69, 9.17) is 18.6 Å². The van der Waals surface area contributed by atoms with E-state index in [1.54, 1.807) is 18.4 Å². The van der Waals surface area contributed by atoms with Crippen LogP contribution in [-0.2, 0) is 22.5 Å². The highest BCUT2D eigenvalue weighted by molar-refractivity contribution is 6.07. The van der Waals surface area contributed by atoms with Crippen LogP contribution in [0.1, 0.15) is 46.0 Å². The normalized spacial score (nSPS) is 13.8. The van der Waals surface area contributed by atoms with Gasteiger partial charge in [0, 0.05) is 5.39 Å². The van der Waals surface area contributed by atoms with Crippen molar-refractivity contribution in [1.29, 1.82) is 0 Å². The molecule has 2 N–H and O–H groups in total. The van der Waals surface area contributed by atoms with Crippen molar-refractivity contribution in [3.63, 3.8) is 0 Å². The molecule has 0 fully saturated rings. The Morgan fingerprint density at radius 2 is 1.83 bits per heavy atom. The molecule has 0 spiro atoms. The number of furan rings is 2. The summed E-state index contributed by atoms with van der Waals surface area (Å²) in [5.74, 6) is -0.140. The number of allylic oxidation sites excluding steroid dienone is 1. The van der Waals surface area contributed by atoms with Crippen molar-refractivity contribution in [3.05, 3.63) is 89.4 Å². The van der Waals surface area contributed by atoms with Crippen LogP contribution in [0.25, 0.3) is 22.6 Å². The van der Waals surface area contributed by atoms with E-state index >= 15 is 0 Å². The number of imide groups is 1. The lowest BCUT2D eigenvalue weighted by Gasteiger charge is -2.22. The first-order valence-corrected chi connectivity index (χ1v) is 11.5. The zero-order valence-corrected chi connectivity index (χ0v) is 19.3. The number of amides is 3. The van der Waals surface area contributed by atoms with E-state index in [2.05, 4.69) is 10.6 Å². The van der Waals surface area contributed by atoms with E-state index in [0.29, 0.717) is 34.4 Å². The first-order chi connectivity index (χ1) is 17.6. The average molecular weight is 485 g/mol. The number of nitrogens with zero attached hydrogens (tertiary/aromatic N) is 1. The number of para-hydroxylation sites is 1. The molecule has 0 atom stereocenters. The molecule has 5 rings (SSSR count). The summed E-state index contributed by atoms with van der Waals surface area (Å²) in [5, 5.41) is 5.29. The molecule has 36 heavy (non-hydrogen) atoms. The van der Waals surface area contributed by atoms with Crippen molar-refractivity contribution in [2.75, 3.05) is 6.61 Å². The molecular weight excluding hydrogens is 462 g/mol. The number of esters is 1. The highest BCUT2D eigenvalue weighted by atomic mass is 16.5. The minimum atomic E-state index is -0.745. The van der Waals surface area contributed by atoms with Gasteiger partial charge in [0.1, 0.15) is 11.5 Å². The van der Waals surface area contributed by atoms with Crippen molar-refractivity contribution >= 4 is 40.5 Å². The number of pyridine rings is 1. The maximum Gasteiger partial charge on any atom is 0.339 e. The largest absolute Gasteiger partial charge is 0.467 e. The molecule has 0 unspecified atom stereocenters. The van der Waals surface area contributed by atoms with Crippen LogP contribution in [0.3, 0.4) is 0 Å². The second-order valence-corrected chi connectivity index (χ2v) is 8.26. The van der Waals surface area contributed by atoms with Crippen LogP contribution in [0.15, 0.2) is 69.9 Å². The quantitative estimate of drug-likeness (QED) is 0.386. The van der Waals surface area contributed by atoms with Gasteiger partial charge in [-0.3, -0.25) is 10.1 Å². The Balaban J connectivity index is 1.34. The molecule has 0 bridgehead atoms. The number of carbonyl (C=O) groups excluding carboxylic acids is 3. The summed E-state index contributed by atoms with van der Waals surface area (Å²) >= 11 is 0. The van der Waals surface area contributed by atoms with Gasteiger partial charge in [-0.15, -0.1) is 0 Å². The number of benzene rings is 1. The molecule has 0 saturated carbocycles. The summed E-state index contributed by atoms with van der Waals surface area (Å²) < 4.78 is 15.9. The summed E-state index contributed by atoms with van der Waals surface area (Å²) in [5.41, 5.74) is 3.51. The first kappa shape index (κ1) is 23.1. The lowest BCUT2D eigenvalue weighted by molar-refractivity contribution is -0.123. The van der Waals surface area contributed by atoms with Crippen molar-refractivity contribution in [2.24, 2.45) is 0 Å². The highest BCUT2D eigenvalue weighted by Gasteiger charge is 2.26. The van der Waals surface area contributed by atoms with Crippen LogP contribution in [0.5, 0.6) is 0 Å². The Morgan fingerprint density at radius 1 is 1.00 bits per heavy atom. The lowest BCUT2D eigenvalue weighted by Crippen LogP contribution is -2.41. The van der Waals surface area contributed by atoms with Gasteiger partial charge in [-0.05, 0) is 66.8 Å². The number of aromatic nitrogens is 1. The number of carbonyl (C=O) groups is 3. The summed E-state index contributed by atoms with van der Waals surface area (Å²) in [6.07, 6.45) is 7.29. The average Bonchev–Trinajstić information content (AvgIpc) is 3.59. The molecular formula is C27H23N3O6. The molecule has 0 aliphatic heterocycles. The zero-order valence-electron chi connectivity index (χ0n) is 19.3. The van der Waals surface area contributed by atoms with Gasteiger partial charge in [-0.25, -0.2) is 14.6 Å². The standard InChI is InChI=1S/C27H23N3O6/c31-23(30-27(33)28-15-19-8-5-13-35-19)16-36-26(32)24-20-9-1-2-11-22(20)29-25-17(6-3-10-21(24)25)14-18-7-4-12-34-18/h1-2,4-5,7-9,11-14H,3,6,10,15-16H2,(H2,28,30,31,33)/b17-14+. The monoisotopic (exact) mass is 485 g/mol. The lowest BCUT2D eigenvalue weighted by atomic mass is 9.86. The Kier molecular flexibility index (Phi) is 6.61. The molecule has 9 heteroatoms. The third kappa shape index (κ3) is 5.05. The number of urea groups is 1. The van der Waals surface area contributed by atoms with Gasteiger partial charge in [0.25, 0.3) is 5.91 Å². The Morgan fingerprint density at radius 3 is 2.64 bits per heavy atom. The van der Waals surface area contributed by atoms with Gasteiger partial charge in [0.15, 0.2) is 6.61 Å². The summed E-state index contributed by atoms with van der Waals surface area (Å²) in [6.45, 7) is -0.484. The Labute approximate surface area is 206 Å². The fourth-order valence-corrected chi connectivity index (χ4v) is 4.24. The number of fused-ring (bicyclic) bond motifs is 2. The van der Waals surface area contributed by atoms with E-state index in [0.717, 1.165) is 29.7 Å². The van der Waals surface area contributed by atoms with Crippen LogP contribution in [-0.4, -0.2) is 29.5 Å². The van der Waals surface area contributed by atoms with Gasteiger partial charge in [-0.1, -0.05) is 18.2 Å². The van der Waals surface area contributed by atoms with Crippen molar-refractivity contribution in [1.82, 2.24) is 15.6 Å². The molecule has 3 amide bonds. The van der Waals surface area contributed by atoms with Crippen LogP contribution in [0.2, 0.25) is 0 Å². The third-order valence-electron chi connectivity index (χ3n) is 5.82. The van der Waals surface area contributed by atoms with E-state index in [9.17, 15) is 14.4 Å². The SMILES string of the molecule is O=C(COC(=O)c1c2c(nc3ccccc13)/C(=C/c1ccco1)CCC2)NC(=O)NCc1ccco1. The topological polar surface area (TPSA) is 124 Å².